The molecule has 0 atom stereocenters. The average molecular weight is 229 g/mol. The monoisotopic (exact) mass is 229 g/mol. The first kappa shape index (κ1) is 9.39. The minimum Gasteiger partial charge on any atom is -0.265 e. The van der Waals surface area contributed by atoms with Gasteiger partial charge in [0.2, 0.25) is 0 Å². The Hall–Kier alpha value is -1.84. The van der Waals surface area contributed by atoms with E-state index in [2.05, 4.69) is 21.0 Å². The summed E-state index contributed by atoms with van der Waals surface area (Å²) in [6.07, 6.45) is 0. The fourth-order valence-corrected chi connectivity index (χ4v) is 2.97. The minimum absolute atomic E-state index is 0.273. The summed E-state index contributed by atoms with van der Waals surface area (Å²) >= 11 is 1.35. The van der Waals surface area contributed by atoms with Crippen molar-refractivity contribution < 1.29 is 4.79 Å². The van der Waals surface area contributed by atoms with Gasteiger partial charge in [0.1, 0.15) is 21.4 Å². The third-order valence-electron chi connectivity index (χ3n) is 2.47. The molecule has 16 heavy (non-hydrogen) atoms. The molecule has 0 saturated carbocycles. The van der Waals surface area contributed by atoms with Gasteiger partial charge in [-0.05, 0) is 25.5 Å². The van der Waals surface area contributed by atoms with E-state index in [4.69, 9.17) is 0 Å². The van der Waals surface area contributed by atoms with E-state index in [1.54, 1.807) is 0 Å². The molecule has 1 aliphatic heterocycles. The summed E-state index contributed by atoms with van der Waals surface area (Å²) in [4.78, 5) is 25.0. The van der Waals surface area contributed by atoms with Crippen LogP contribution in [0.2, 0.25) is 0 Å². The Kier molecular flexibility index (Phi) is 1.80. The van der Waals surface area contributed by atoms with Crippen LogP contribution >= 0.6 is 11.3 Å². The molecule has 1 aliphatic rings. The number of hydrogen-bond donors (Lipinski definition) is 0. The number of hydrogen-bond acceptors (Lipinski definition) is 4. The van der Waals surface area contributed by atoms with Crippen molar-refractivity contribution in [1.82, 2.24) is 4.98 Å². The summed E-state index contributed by atoms with van der Waals surface area (Å²) < 4.78 is 0. The van der Waals surface area contributed by atoms with Crippen LogP contribution in [-0.2, 0) is 0 Å². The van der Waals surface area contributed by atoms with Gasteiger partial charge in [-0.2, -0.15) is 4.99 Å². The van der Waals surface area contributed by atoms with Crippen molar-refractivity contribution >= 4 is 39.2 Å². The molecule has 78 valence electrons. The topological polar surface area (TPSA) is 54.7 Å². The van der Waals surface area contributed by atoms with Gasteiger partial charge in [-0.3, -0.25) is 4.79 Å². The Bertz CT molecular complexity index is 693. The largest absolute Gasteiger partial charge is 0.298 e. The number of rotatable bonds is 0. The highest BCUT2D eigenvalue weighted by molar-refractivity contribution is 7.21. The molecule has 2 aromatic heterocycles. The molecule has 0 aliphatic carbocycles. The molecule has 0 N–H and O–H groups in total. The van der Waals surface area contributed by atoms with Crippen LogP contribution < -0.4 is 0 Å². The van der Waals surface area contributed by atoms with Crippen molar-refractivity contribution in [3.8, 4) is 0 Å². The van der Waals surface area contributed by atoms with Gasteiger partial charge in [0, 0.05) is 11.1 Å². The smallest absolute Gasteiger partial charge is 0.265 e. The van der Waals surface area contributed by atoms with Gasteiger partial charge >= 0.3 is 0 Å². The van der Waals surface area contributed by atoms with Crippen molar-refractivity contribution in [3.05, 3.63) is 22.2 Å². The fourth-order valence-electron chi connectivity index (χ4n) is 1.85. The molecule has 1 amide bonds. The van der Waals surface area contributed by atoms with Gasteiger partial charge in [-0.15, -0.1) is 16.3 Å². The Labute approximate surface area is 95.4 Å². The standard InChI is InChI=1S/C11H7N3OS/c1-5-3-6(2)14-11-7(5)8-9(16-11)10(15)13-4-12-8/h3H,1-2H3. The van der Waals surface area contributed by atoms with Crippen LogP contribution in [0.3, 0.4) is 0 Å². The van der Waals surface area contributed by atoms with E-state index in [9.17, 15) is 4.79 Å². The lowest BCUT2D eigenvalue weighted by molar-refractivity contribution is 0.101. The van der Waals surface area contributed by atoms with Crippen molar-refractivity contribution in [3.63, 3.8) is 0 Å². The average Bonchev–Trinajstić information content (AvgIpc) is 2.57. The molecule has 0 fully saturated rings. The molecule has 2 aromatic rings. The minimum atomic E-state index is -0.273. The SMILES string of the molecule is Cc1cc(C)c2c3c(sc2n1)C(=O)N=C=N3. The lowest BCUT2D eigenvalue weighted by Gasteiger charge is -1.99. The lowest BCUT2D eigenvalue weighted by Crippen LogP contribution is -1.93. The van der Waals surface area contributed by atoms with E-state index >= 15 is 0 Å². The number of carbonyl (C=O) groups is 1. The summed E-state index contributed by atoms with van der Waals surface area (Å²) in [5, 5.41) is 0.946. The predicted molar refractivity (Wildman–Crippen MR) is 62.9 cm³/mol. The van der Waals surface area contributed by atoms with Gasteiger partial charge in [-0.1, -0.05) is 0 Å². The van der Waals surface area contributed by atoms with Crippen LogP contribution in [0.4, 0.5) is 5.69 Å². The molecule has 0 unspecified atom stereocenters. The number of aromatic nitrogens is 1. The second-order valence-electron chi connectivity index (χ2n) is 3.67. The highest BCUT2D eigenvalue weighted by atomic mass is 32.1. The van der Waals surface area contributed by atoms with Gasteiger partial charge in [0.15, 0.2) is 0 Å². The number of thiophene rings is 1. The van der Waals surface area contributed by atoms with E-state index in [0.717, 1.165) is 21.5 Å². The number of fused-ring (bicyclic) bond motifs is 3. The zero-order chi connectivity index (χ0) is 11.3. The van der Waals surface area contributed by atoms with E-state index in [0.29, 0.717) is 10.6 Å². The maximum atomic E-state index is 11.5. The maximum absolute atomic E-state index is 11.5. The highest BCUT2D eigenvalue weighted by Crippen LogP contribution is 2.40. The van der Waals surface area contributed by atoms with Crippen LogP contribution in [0.5, 0.6) is 0 Å². The van der Waals surface area contributed by atoms with E-state index in [-0.39, 0.29) is 5.91 Å². The predicted octanol–water partition coefficient (Wildman–Crippen LogP) is 2.87. The summed E-state index contributed by atoms with van der Waals surface area (Å²) in [5.41, 5.74) is 2.70. The van der Waals surface area contributed by atoms with Gasteiger partial charge in [0.25, 0.3) is 5.91 Å². The number of pyridine rings is 1. The van der Waals surface area contributed by atoms with Gasteiger partial charge in [-0.25, -0.2) is 4.98 Å². The molecule has 0 aromatic carbocycles. The molecular formula is C11H7N3OS. The first-order valence-electron chi connectivity index (χ1n) is 4.78. The number of amides is 1. The second kappa shape index (κ2) is 3.07. The lowest BCUT2D eigenvalue weighted by atomic mass is 10.1. The molecule has 5 heteroatoms. The molecule has 0 spiro atoms. The normalized spacial score (nSPS) is 13.5. The molecule has 4 nitrogen and oxygen atoms in total. The van der Waals surface area contributed by atoms with E-state index < -0.39 is 0 Å². The van der Waals surface area contributed by atoms with Crippen molar-refractivity contribution in [1.29, 1.82) is 0 Å². The summed E-state index contributed by atoms with van der Waals surface area (Å²) in [7, 11) is 0. The molecule has 0 saturated heterocycles. The maximum Gasteiger partial charge on any atom is 0.298 e. The molecule has 3 heterocycles. The van der Waals surface area contributed by atoms with E-state index in [1.807, 2.05) is 19.9 Å². The molecule has 0 bridgehead atoms. The van der Waals surface area contributed by atoms with Crippen LogP contribution in [0, 0.1) is 13.8 Å². The van der Waals surface area contributed by atoms with E-state index in [1.165, 1.54) is 11.3 Å². The number of aliphatic imine (C=N–C) groups is 2. The Balaban J connectivity index is 2.50. The zero-order valence-corrected chi connectivity index (χ0v) is 9.55. The number of carbonyl (C=O) groups excluding carboxylic acids is 1. The van der Waals surface area contributed by atoms with Gasteiger partial charge < -0.3 is 0 Å². The molecule has 3 rings (SSSR count). The summed E-state index contributed by atoms with van der Waals surface area (Å²) in [5.74, 6) is -0.273. The van der Waals surface area contributed by atoms with Crippen LogP contribution in [0.15, 0.2) is 16.1 Å². The summed E-state index contributed by atoms with van der Waals surface area (Å²) in [6.45, 7) is 3.93. The molecular weight excluding hydrogens is 222 g/mol. The zero-order valence-electron chi connectivity index (χ0n) is 8.74. The summed E-state index contributed by atoms with van der Waals surface area (Å²) in [6, 6.07) is 4.38. The van der Waals surface area contributed by atoms with Crippen molar-refractivity contribution in [2.75, 3.05) is 0 Å². The first-order chi connectivity index (χ1) is 7.66. The Morgan fingerprint density at radius 3 is 2.94 bits per heavy atom. The molecule has 0 radical (unpaired) electrons. The van der Waals surface area contributed by atoms with Crippen molar-refractivity contribution in [2.45, 2.75) is 13.8 Å². The van der Waals surface area contributed by atoms with Crippen LogP contribution in [-0.4, -0.2) is 16.9 Å². The quantitative estimate of drug-likeness (QED) is 0.697. The third kappa shape index (κ3) is 1.16. The third-order valence-corrected chi connectivity index (χ3v) is 3.53. The Morgan fingerprint density at radius 2 is 2.12 bits per heavy atom. The fraction of sp³-hybridized carbons (Fsp3) is 0.182. The van der Waals surface area contributed by atoms with Crippen LogP contribution in [0.1, 0.15) is 20.9 Å². The number of nitrogens with zero attached hydrogens (tertiary/aromatic N) is 3. The second-order valence-corrected chi connectivity index (χ2v) is 4.67. The first-order valence-corrected chi connectivity index (χ1v) is 5.60. The Morgan fingerprint density at radius 1 is 1.31 bits per heavy atom. The van der Waals surface area contributed by atoms with Gasteiger partial charge in [0.05, 0.1) is 0 Å². The highest BCUT2D eigenvalue weighted by Gasteiger charge is 2.21. The number of aryl methyl sites for hydroxylation is 2. The van der Waals surface area contributed by atoms with Crippen LogP contribution in [0.25, 0.3) is 10.2 Å². The van der Waals surface area contributed by atoms with Crippen molar-refractivity contribution in [2.24, 2.45) is 9.98 Å².